The smallest absolute Gasteiger partial charge is 0.179 e. The van der Waals surface area contributed by atoms with E-state index in [1.165, 1.54) is 25.7 Å². The summed E-state index contributed by atoms with van der Waals surface area (Å²) >= 11 is 6.44. The standard InChI is InChI=1S/C16H25ClN2O2/c1-20-14-8-7-12(15(17)16(14)21-2)13(10-18)19-9-3-4-11-5-6-11/h7-8,11,13,19H,3-6,9-10,18H2,1-2H3. The molecular formula is C16H25ClN2O2. The van der Waals surface area contributed by atoms with Gasteiger partial charge in [0, 0.05) is 12.6 Å². The number of nitrogens with two attached hydrogens (primary N) is 1. The Hall–Kier alpha value is -0.970. The highest BCUT2D eigenvalue weighted by molar-refractivity contribution is 6.33. The lowest BCUT2D eigenvalue weighted by molar-refractivity contribution is 0.354. The summed E-state index contributed by atoms with van der Waals surface area (Å²) in [5, 5.41) is 4.06. The summed E-state index contributed by atoms with van der Waals surface area (Å²) in [6, 6.07) is 3.86. The molecule has 0 aromatic heterocycles. The molecule has 0 bridgehead atoms. The van der Waals surface area contributed by atoms with E-state index in [1.54, 1.807) is 14.2 Å². The van der Waals surface area contributed by atoms with Crippen LogP contribution in [0.25, 0.3) is 0 Å². The van der Waals surface area contributed by atoms with Crippen molar-refractivity contribution in [1.29, 1.82) is 0 Å². The lowest BCUT2D eigenvalue weighted by Crippen LogP contribution is -2.29. The normalized spacial score (nSPS) is 15.8. The summed E-state index contributed by atoms with van der Waals surface area (Å²) in [6.07, 6.45) is 5.31. The second-order valence-corrected chi connectivity index (χ2v) is 5.91. The topological polar surface area (TPSA) is 56.5 Å². The van der Waals surface area contributed by atoms with Crippen LogP contribution in [-0.4, -0.2) is 27.3 Å². The average Bonchev–Trinajstić information content (AvgIpc) is 3.32. The van der Waals surface area contributed by atoms with Crippen LogP contribution in [0.4, 0.5) is 0 Å². The molecule has 2 rings (SSSR count). The summed E-state index contributed by atoms with van der Waals surface area (Å²) in [7, 11) is 3.19. The molecule has 5 heteroatoms. The fraction of sp³-hybridized carbons (Fsp3) is 0.625. The molecule has 0 aliphatic heterocycles. The number of halogens is 1. The predicted molar refractivity (Wildman–Crippen MR) is 86.3 cm³/mol. The first kappa shape index (κ1) is 16.4. The fourth-order valence-electron chi connectivity index (χ4n) is 2.57. The van der Waals surface area contributed by atoms with Gasteiger partial charge in [0.1, 0.15) is 0 Å². The Morgan fingerprint density at radius 1 is 1.33 bits per heavy atom. The van der Waals surface area contributed by atoms with Crippen LogP contribution in [0.3, 0.4) is 0 Å². The lowest BCUT2D eigenvalue weighted by atomic mass is 10.1. The molecule has 1 saturated carbocycles. The number of nitrogens with one attached hydrogen (secondary N) is 1. The van der Waals surface area contributed by atoms with Gasteiger partial charge < -0.3 is 20.5 Å². The lowest BCUT2D eigenvalue weighted by Gasteiger charge is -2.21. The molecule has 0 heterocycles. The fourth-order valence-corrected chi connectivity index (χ4v) is 2.93. The van der Waals surface area contributed by atoms with Gasteiger partial charge in [0.2, 0.25) is 0 Å². The number of hydrogen-bond donors (Lipinski definition) is 2. The van der Waals surface area contributed by atoms with Gasteiger partial charge in [-0.2, -0.15) is 0 Å². The molecular weight excluding hydrogens is 288 g/mol. The molecule has 0 saturated heterocycles. The van der Waals surface area contributed by atoms with Gasteiger partial charge in [0.25, 0.3) is 0 Å². The van der Waals surface area contributed by atoms with Crippen molar-refractivity contribution < 1.29 is 9.47 Å². The van der Waals surface area contributed by atoms with Crippen molar-refractivity contribution in [3.8, 4) is 11.5 Å². The average molecular weight is 313 g/mol. The number of methoxy groups -OCH3 is 2. The third-order valence-corrected chi connectivity index (χ3v) is 4.39. The Morgan fingerprint density at radius 3 is 2.67 bits per heavy atom. The molecule has 1 aromatic carbocycles. The predicted octanol–water partition coefficient (Wildman–Crippen LogP) is 3.14. The molecule has 1 fully saturated rings. The maximum absolute atomic E-state index is 6.44. The number of ether oxygens (including phenoxy) is 2. The minimum absolute atomic E-state index is 0.0384. The SMILES string of the molecule is COc1ccc(C(CN)NCCCC2CC2)c(Cl)c1OC. The molecule has 4 nitrogen and oxygen atoms in total. The third-order valence-electron chi connectivity index (χ3n) is 4.00. The summed E-state index contributed by atoms with van der Waals surface area (Å²) in [6.45, 7) is 1.46. The Bertz CT molecular complexity index is 464. The molecule has 3 N–H and O–H groups in total. The van der Waals surface area contributed by atoms with E-state index in [4.69, 9.17) is 26.8 Å². The van der Waals surface area contributed by atoms with Crippen molar-refractivity contribution in [3.63, 3.8) is 0 Å². The van der Waals surface area contributed by atoms with Gasteiger partial charge in [-0.05, 0) is 36.9 Å². The van der Waals surface area contributed by atoms with Crippen molar-refractivity contribution in [3.05, 3.63) is 22.7 Å². The van der Waals surface area contributed by atoms with Gasteiger partial charge in [-0.15, -0.1) is 0 Å². The van der Waals surface area contributed by atoms with Crippen LogP contribution in [0.5, 0.6) is 11.5 Å². The van der Waals surface area contributed by atoms with E-state index >= 15 is 0 Å². The first-order valence-corrected chi connectivity index (χ1v) is 7.92. The Labute approximate surface area is 131 Å². The van der Waals surface area contributed by atoms with Crippen molar-refractivity contribution in [2.45, 2.75) is 31.7 Å². The quantitative estimate of drug-likeness (QED) is 0.688. The van der Waals surface area contributed by atoms with Gasteiger partial charge in [0.15, 0.2) is 11.5 Å². The highest BCUT2D eigenvalue weighted by atomic mass is 35.5. The van der Waals surface area contributed by atoms with Crippen molar-refractivity contribution in [2.24, 2.45) is 11.7 Å². The van der Waals surface area contributed by atoms with Crippen molar-refractivity contribution >= 4 is 11.6 Å². The van der Waals surface area contributed by atoms with Crippen LogP contribution < -0.4 is 20.5 Å². The maximum Gasteiger partial charge on any atom is 0.179 e. The first-order valence-electron chi connectivity index (χ1n) is 7.55. The Kier molecular flexibility index (Phi) is 6.15. The van der Waals surface area contributed by atoms with Gasteiger partial charge >= 0.3 is 0 Å². The summed E-state index contributed by atoms with van der Waals surface area (Å²) in [4.78, 5) is 0. The highest BCUT2D eigenvalue weighted by Gasteiger charge is 2.21. The van der Waals surface area contributed by atoms with E-state index < -0.39 is 0 Å². The molecule has 21 heavy (non-hydrogen) atoms. The minimum Gasteiger partial charge on any atom is -0.493 e. The van der Waals surface area contributed by atoms with Crippen molar-refractivity contribution in [2.75, 3.05) is 27.3 Å². The van der Waals surface area contributed by atoms with Crippen LogP contribution in [0, 0.1) is 5.92 Å². The zero-order valence-electron chi connectivity index (χ0n) is 12.8. The number of rotatable bonds is 9. The third kappa shape index (κ3) is 4.25. The summed E-state index contributed by atoms with van der Waals surface area (Å²) < 4.78 is 10.6. The van der Waals surface area contributed by atoms with Gasteiger partial charge in [-0.25, -0.2) is 0 Å². The zero-order valence-corrected chi connectivity index (χ0v) is 13.6. The molecule has 0 amide bonds. The van der Waals surface area contributed by atoms with E-state index in [-0.39, 0.29) is 6.04 Å². The van der Waals surface area contributed by atoms with Crippen LogP contribution in [0.15, 0.2) is 12.1 Å². The van der Waals surface area contributed by atoms with Crippen LogP contribution in [0.2, 0.25) is 5.02 Å². The number of benzene rings is 1. The van der Waals surface area contributed by atoms with Gasteiger partial charge in [0.05, 0.1) is 19.2 Å². The maximum atomic E-state index is 6.44. The largest absolute Gasteiger partial charge is 0.493 e. The molecule has 0 spiro atoms. The Balaban J connectivity index is 2.01. The van der Waals surface area contributed by atoms with Gasteiger partial charge in [-0.1, -0.05) is 30.5 Å². The van der Waals surface area contributed by atoms with E-state index in [9.17, 15) is 0 Å². The molecule has 118 valence electrons. The van der Waals surface area contributed by atoms with Gasteiger partial charge in [-0.3, -0.25) is 0 Å². The van der Waals surface area contributed by atoms with E-state index in [0.717, 1.165) is 18.0 Å². The molecule has 1 aliphatic carbocycles. The van der Waals surface area contributed by atoms with Crippen LogP contribution in [-0.2, 0) is 0 Å². The zero-order chi connectivity index (χ0) is 15.2. The molecule has 1 atom stereocenters. The summed E-state index contributed by atoms with van der Waals surface area (Å²) in [5.74, 6) is 2.17. The second kappa shape index (κ2) is 7.87. The minimum atomic E-state index is 0.0384. The summed E-state index contributed by atoms with van der Waals surface area (Å²) in [5.41, 5.74) is 6.86. The Morgan fingerprint density at radius 2 is 2.10 bits per heavy atom. The second-order valence-electron chi connectivity index (χ2n) is 5.53. The monoisotopic (exact) mass is 312 g/mol. The molecule has 1 aliphatic rings. The van der Waals surface area contributed by atoms with E-state index in [1.807, 2.05) is 12.1 Å². The molecule has 1 unspecified atom stereocenters. The van der Waals surface area contributed by atoms with E-state index in [2.05, 4.69) is 5.32 Å². The van der Waals surface area contributed by atoms with Crippen molar-refractivity contribution in [1.82, 2.24) is 5.32 Å². The highest BCUT2D eigenvalue weighted by Crippen LogP contribution is 2.39. The van der Waals surface area contributed by atoms with Crippen LogP contribution in [0.1, 0.15) is 37.3 Å². The molecule has 1 aromatic rings. The van der Waals surface area contributed by atoms with Crippen LogP contribution >= 0.6 is 11.6 Å². The first-order chi connectivity index (χ1) is 10.2. The molecule has 0 radical (unpaired) electrons. The van der Waals surface area contributed by atoms with E-state index in [0.29, 0.717) is 23.1 Å². The number of hydrogen-bond acceptors (Lipinski definition) is 4.